The van der Waals surface area contributed by atoms with E-state index in [1.165, 1.54) is 5.56 Å². The van der Waals surface area contributed by atoms with Crippen LogP contribution in [0.1, 0.15) is 18.1 Å². The molecular formula is C9H12ClN. The lowest BCUT2D eigenvalue weighted by molar-refractivity contribution is 1.10. The van der Waals surface area contributed by atoms with E-state index in [-0.39, 0.29) is 0 Å². The quantitative estimate of drug-likeness (QED) is 0.535. The van der Waals surface area contributed by atoms with Gasteiger partial charge in [-0.1, -0.05) is 19.1 Å². The first kappa shape index (κ1) is 8.41. The maximum Gasteiger partial charge on any atom is 0.0477 e. The van der Waals surface area contributed by atoms with Crippen molar-refractivity contribution in [1.29, 1.82) is 0 Å². The number of anilines is 1. The second-order valence-electron chi connectivity index (χ2n) is 2.47. The van der Waals surface area contributed by atoms with E-state index < -0.39 is 0 Å². The van der Waals surface area contributed by atoms with E-state index in [2.05, 4.69) is 6.92 Å². The highest BCUT2D eigenvalue weighted by atomic mass is 35.5. The molecule has 0 fully saturated rings. The monoisotopic (exact) mass is 169 g/mol. The molecule has 0 heterocycles. The Balaban J connectivity index is 3.13. The first-order valence-electron chi connectivity index (χ1n) is 3.71. The number of alkyl halides is 1. The van der Waals surface area contributed by atoms with Gasteiger partial charge in [0.1, 0.15) is 0 Å². The molecule has 0 aliphatic carbocycles. The molecule has 1 aromatic carbocycles. The summed E-state index contributed by atoms with van der Waals surface area (Å²) >= 11 is 5.73. The lowest BCUT2D eigenvalue weighted by Crippen LogP contribution is -1.96. The number of hydrogen-bond acceptors (Lipinski definition) is 1. The van der Waals surface area contributed by atoms with E-state index in [1.807, 2.05) is 18.2 Å². The molecule has 2 N–H and O–H groups in total. The van der Waals surface area contributed by atoms with Crippen LogP contribution in [-0.4, -0.2) is 0 Å². The summed E-state index contributed by atoms with van der Waals surface area (Å²) in [5.41, 5.74) is 8.93. The maximum atomic E-state index is 5.75. The second-order valence-corrected chi connectivity index (χ2v) is 2.74. The van der Waals surface area contributed by atoms with Crippen molar-refractivity contribution in [3.63, 3.8) is 0 Å². The summed E-state index contributed by atoms with van der Waals surface area (Å²) in [5, 5.41) is 0. The lowest BCUT2D eigenvalue weighted by atomic mass is 10.0. The van der Waals surface area contributed by atoms with Gasteiger partial charge in [0.15, 0.2) is 0 Å². The third-order valence-corrected chi connectivity index (χ3v) is 2.09. The molecule has 0 saturated heterocycles. The first-order valence-corrected chi connectivity index (χ1v) is 4.25. The Hall–Kier alpha value is -0.690. The summed E-state index contributed by atoms with van der Waals surface area (Å²) in [6.07, 6.45) is 0.953. The Labute approximate surface area is 72.2 Å². The van der Waals surface area contributed by atoms with Gasteiger partial charge >= 0.3 is 0 Å². The average Bonchev–Trinajstić information content (AvgIpc) is 2.04. The fourth-order valence-corrected chi connectivity index (χ4v) is 1.46. The van der Waals surface area contributed by atoms with Gasteiger partial charge in [-0.15, -0.1) is 11.6 Å². The largest absolute Gasteiger partial charge is 0.398 e. The molecule has 1 rings (SSSR count). The predicted octanol–water partition coefficient (Wildman–Crippen LogP) is 2.57. The predicted molar refractivity (Wildman–Crippen MR) is 49.8 cm³/mol. The number of halogens is 1. The molecule has 0 unspecified atom stereocenters. The molecule has 0 amide bonds. The number of nitrogens with two attached hydrogens (primary N) is 1. The molecule has 0 radical (unpaired) electrons. The van der Waals surface area contributed by atoms with Crippen LogP contribution in [0.4, 0.5) is 5.69 Å². The van der Waals surface area contributed by atoms with Crippen LogP contribution in [0.25, 0.3) is 0 Å². The normalized spacial score (nSPS) is 10.0. The molecular weight excluding hydrogens is 158 g/mol. The van der Waals surface area contributed by atoms with Gasteiger partial charge in [0.2, 0.25) is 0 Å². The molecule has 60 valence electrons. The Morgan fingerprint density at radius 3 is 2.64 bits per heavy atom. The molecule has 0 atom stereocenters. The SMILES string of the molecule is CCc1c(N)cccc1CCl. The maximum absolute atomic E-state index is 5.75. The second kappa shape index (κ2) is 3.63. The highest BCUT2D eigenvalue weighted by molar-refractivity contribution is 6.17. The Morgan fingerprint density at radius 1 is 1.45 bits per heavy atom. The number of benzene rings is 1. The van der Waals surface area contributed by atoms with Crippen LogP contribution in [0.5, 0.6) is 0 Å². The summed E-state index contributed by atoms with van der Waals surface area (Å²) in [6, 6.07) is 5.86. The van der Waals surface area contributed by atoms with Crippen LogP contribution in [0, 0.1) is 0 Å². The molecule has 0 aliphatic rings. The van der Waals surface area contributed by atoms with Crippen molar-refractivity contribution in [2.75, 3.05) is 5.73 Å². The number of nitrogen functional groups attached to an aromatic ring is 1. The number of rotatable bonds is 2. The minimum Gasteiger partial charge on any atom is -0.398 e. The van der Waals surface area contributed by atoms with E-state index in [4.69, 9.17) is 17.3 Å². The van der Waals surface area contributed by atoms with E-state index in [0.717, 1.165) is 17.7 Å². The van der Waals surface area contributed by atoms with Crippen molar-refractivity contribution in [3.05, 3.63) is 29.3 Å². The fraction of sp³-hybridized carbons (Fsp3) is 0.333. The van der Waals surface area contributed by atoms with Crippen LogP contribution in [-0.2, 0) is 12.3 Å². The number of hydrogen-bond donors (Lipinski definition) is 1. The third kappa shape index (κ3) is 1.66. The van der Waals surface area contributed by atoms with Crippen molar-refractivity contribution in [2.24, 2.45) is 0 Å². The minimum atomic E-state index is 0.550. The van der Waals surface area contributed by atoms with Gasteiger partial charge in [-0.25, -0.2) is 0 Å². The first-order chi connectivity index (χ1) is 5.29. The van der Waals surface area contributed by atoms with Gasteiger partial charge in [0.25, 0.3) is 0 Å². The van der Waals surface area contributed by atoms with E-state index in [1.54, 1.807) is 0 Å². The van der Waals surface area contributed by atoms with Gasteiger partial charge in [0, 0.05) is 11.6 Å². The van der Waals surface area contributed by atoms with Crippen molar-refractivity contribution in [2.45, 2.75) is 19.2 Å². The highest BCUT2D eigenvalue weighted by Crippen LogP contribution is 2.18. The molecule has 0 aromatic heterocycles. The molecule has 0 spiro atoms. The Morgan fingerprint density at radius 2 is 2.18 bits per heavy atom. The van der Waals surface area contributed by atoms with Gasteiger partial charge in [-0.05, 0) is 23.6 Å². The average molecular weight is 170 g/mol. The smallest absolute Gasteiger partial charge is 0.0477 e. The van der Waals surface area contributed by atoms with E-state index in [9.17, 15) is 0 Å². The van der Waals surface area contributed by atoms with Crippen molar-refractivity contribution in [1.82, 2.24) is 0 Å². The van der Waals surface area contributed by atoms with Crippen LogP contribution in [0.3, 0.4) is 0 Å². The van der Waals surface area contributed by atoms with Gasteiger partial charge < -0.3 is 5.73 Å². The molecule has 11 heavy (non-hydrogen) atoms. The molecule has 1 aromatic rings. The van der Waals surface area contributed by atoms with Gasteiger partial charge in [-0.3, -0.25) is 0 Å². The lowest BCUT2D eigenvalue weighted by Gasteiger charge is -2.06. The molecule has 0 saturated carbocycles. The van der Waals surface area contributed by atoms with Gasteiger partial charge in [0.05, 0.1) is 0 Å². The van der Waals surface area contributed by atoms with Crippen molar-refractivity contribution >= 4 is 17.3 Å². The standard InChI is InChI=1S/C9H12ClN/c1-2-8-7(6-10)4-3-5-9(8)11/h3-5H,2,6,11H2,1H3. The zero-order valence-corrected chi connectivity index (χ0v) is 7.36. The molecule has 0 aliphatic heterocycles. The zero-order valence-electron chi connectivity index (χ0n) is 6.60. The summed E-state index contributed by atoms with van der Waals surface area (Å²) < 4.78 is 0. The topological polar surface area (TPSA) is 26.0 Å². The fourth-order valence-electron chi connectivity index (χ4n) is 1.21. The van der Waals surface area contributed by atoms with Crippen molar-refractivity contribution in [3.8, 4) is 0 Å². The molecule has 1 nitrogen and oxygen atoms in total. The Kier molecular flexibility index (Phi) is 2.77. The summed E-state index contributed by atoms with van der Waals surface area (Å²) in [7, 11) is 0. The van der Waals surface area contributed by atoms with Crippen molar-refractivity contribution < 1.29 is 0 Å². The summed E-state index contributed by atoms with van der Waals surface area (Å²) in [4.78, 5) is 0. The van der Waals surface area contributed by atoms with Gasteiger partial charge in [-0.2, -0.15) is 0 Å². The summed E-state index contributed by atoms with van der Waals surface area (Å²) in [6.45, 7) is 2.09. The zero-order chi connectivity index (χ0) is 8.27. The molecule has 0 bridgehead atoms. The van der Waals surface area contributed by atoms with Crippen LogP contribution >= 0.6 is 11.6 Å². The van der Waals surface area contributed by atoms with Crippen LogP contribution in [0.15, 0.2) is 18.2 Å². The van der Waals surface area contributed by atoms with Crippen LogP contribution < -0.4 is 5.73 Å². The summed E-state index contributed by atoms with van der Waals surface area (Å²) in [5.74, 6) is 0.550. The highest BCUT2D eigenvalue weighted by Gasteiger charge is 2.01. The minimum absolute atomic E-state index is 0.550. The van der Waals surface area contributed by atoms with E-state index in [0.29, 0.717) is 5.88 Å². The molecule has 2 heteroatoms. The van der Waals surface area contributed by atoms with Crippen LogP contribution in [0.2, 0.25) is 0 Å². The third-order valence-electron chi connectivity index (χ3n) is 1.81. The van der Waals surface area contributed by atoms with E-state index >= 15 is 0 Å². The Bertz CT molecular complexity index is 245.